The number of para-hydroxylation sites is 1. The van der Waals surface area contributed by atoms with Crippen LogP contribution in [0, 0.1) is 5.92 Å². The lowest BCUT2D eigenvalue weighted by molar-refractivity contribution is 0.202. The van der Waals surface area contributed by atoms with Gasteiger partial charge in [0.25, 0.3) is 0 Å². The highest BCUT2D eigenvalue weighted by atomic mass is 16.2. The summed E-state index contributed by atoms with van der Waals surface area (Å²) in [5, 5.41) is 2.96. The predicted octanol–water partition coefficient (Wildman–Crippen LogP) is 2.12. The Hall–Kier alpha value is -2.50. The first kappa shape index (κ1) is 16.4. The number of rotatable bonds is 6. The van der Waals surface area contributed by atoms with Crippen molar-refractivity contribution in [3.05, 3.63) is 48.5 Å². The number of imidazole rings is 1. The molecule has 1 aliphatic rings. The normalized spacial score (nSPS) is 17.0. The van der Waals surface area contributed by atoms with Gasteiger partial charge in [-0.2, -0.15) is 0 Å². The maximum atomic E-state index is 12.2. The Balaban J connectivity index is 1.40. The van der Waals surface area contributed by atoms with Gasteiger partial charge in [-0.05, 0) is 24.5 Å². The summed E-state index contributed by atoms with van der Waals surface area (Å²) in [6, 6.07) is 10.5. The molecular weight excluding hydrogens is 302 g/mol. The van der Waals surface area contributed by atoms with Crippen molar-refractivity contribution in [2.75, 3.05) is 38.1 Å². The van der Waals surface area contributed by atoms with E-state index in [1.807, 2.05) is 13.1 Å². The number of carbonyl (C=O) groups excluding carboxylic acids is 1. The Labute approximate surface area is 142 Å². The van der Waals surface area contributed by atoms with E-state index < -0.39 is 0 Å². The molecule has 1 fully saturated rings. The Kier molecular flexibility index (Phi) is 5.36. The topological polar surface area (TPSA) is 64.3 Å². The van der Waals surface area contributed by atoms with Gasteiger partial charge in [-0.1, -0.05) is 18.2 Å². The zero-order valence-corrected chi connectivity index (χ0v) is 14.1. The number of amides is 2. The quantitative estimate of drug-likeness (QED) is 0.854. The van der Waals surface area contributed by atoms with E-state index in [2.05, 4.69) is 44.5 Å². The van der Waals surface area contributed by atoms with E-state index in [4.69, 9.17) is 0 Å². The van der Waals surface area contributed by atoms with Crippen molar-refractivity contribution in [3.8, 4) is 0 Å². The molecule has 0 saturated carbocycles. The number of urea groups is 1. The van der Waals surface area contributed by atoms with Crippen LogP contribution >= 0.6 is 0 Å². The maximum absolute atomic E-state index is 12.2. The van der Waals surface area contributed by atoms with Gasteiger partial charge in [-0.3, -0.25) is 0 Å². The lowest BCUT2D eigenvalue weighted by Crippen LogP contribution is -2.41. The van der Waals surface area contributed by atoms with Crippen molar-refractivity contribution in [2.24, 2.45) is 5.92 Å². The Bertz CT molecular complexity index is 628. The number of aromatic amines is 1. The highest BCUT2D eigenvalue weighted by Crippen LogP contribution is 2.23. The minimum absolute atomic E-state index is 0.00678. The number of benzene rings is 1. The molecule has 1 atom stereocenters. The Morgan fingerprint density at radius 2 is 2.25 bits per heavy atom. The van der Waals surface area contributed by atoms with Crippen LogP contribution in [0.25, 0.3) is 0 Å². The fourth-order valence-electron chi connectivity index (χ4n) is 3.19. The third-order valence-corrected chi connectivity index (χ3v) is 4.51. The number of nitrogens with zero attached hydrogens (tertiary/aromatic N) is 3. The Morgan fingerprint density at radius 1 is 1.42 bits per heavy atom. The van der Waals surface area contributed by atoms with Crippen LogP contribution in [0.4, 0.5) is 10.5 Å². The first-order chi connectivity index (χ1) is 11.7. The van der Waals surface area contributed by atoms with Crippen LogP contribution < -0.4 is 10.2 Å². The summed E-state index contributed by atoms with van der Waals surface area (Å²) < 4.78 is 0. The van der Waals surface area contributed by atoms with E-state index in [9.17, 15) is 4.79 Å². The second-order valence-electron chi connectivity index (χ2n) is 6.38. The van der Waals surface area contributed by atoms with Crippen molar-refractivity contribution in [1.82, 2.24) is 20.2 Å². The zero-order valence-electron chi connectivity index (χ0n) is 14.1. The first-order valence-electron chi connectivity index (χ1n) is 8.48. The molecule has 0 radical (unpaired) electrons. The molecule has 0 spiro atoms. The second kappa shape index (κ2) is 7.86. The van der Waals surface area contributed by atoms with E-state index in [0.717, 1.165) is 38.2 Å². The zero-order chi connectivity index (χ0) is 16.8. The van der Waals surface area contributed by atoms with Gasteiger partial charge in [-0.15, -0.1) is 0 Å². The minimum Gasteiger partial charge on any atom is -0.371 e. The molecule has 1 unspecified atom stereocenters. The van der Waals surface area contributed by atoms with Gasteiger partial charge in [0.2, 0.25) is 0 Å². The largest absolute Gasteiger partial charge is 0.371 e. The number of hydrogen-bond donors (Lipinski definition) is 2. The number of nitrogens with one attached hydrogen (secondary N) is 2. The van der Waals surface area contributed by atoms with Gasteiger partial charge in [0.05, 0.1) is 6.33 Å². The second-order valence-corrected chi connectivity index (χ2v) is 6.38. The first-order valence-corrected chi connectivity index (χ1v) is 8.48. The van der Waals surface area contributed by atoms with Crippen molar-refractivity contribution in [3.63, 3.8) is 0 Å². The maximum Gasteiger partial charge on any atom is 0.317 e. The highest BCUT2D eigenvalue weighted by Gasteiger charge is 2.24. The number of H-pyrrole nitrogens is 1. The summed E-state index contributed by atoms with van der Waals surface area (Å²) in [6.45, 7) is 3.48. The molecule has 6 nitrogen and oxygen atoms in total. The molecule has 2 aromatic rings. The molecular formula is C18H25N5O. The molecule has 2 amide bonds. The summed E-state index contributed by atoms with van der Waals surface area (Å²) in [5.74, 6) is 0.522. The third-order valence-electron chi connectivity index (χ3n) is 4.51. The van der Waals surface area contributed by atoms with Crippen LogP contribution in [0.15, 0.2) is 42.9 Å². The average molecular weight is 327 g/mol. The number of carbonyl (C=O) groups is 1. The molecule has 1 aromatic heterocycles. The Morgan fingerprint density at radius 3 is 3.00 bits per heavy atom. The van der Waals surface area contributed by atoms with Crippen LogP contribution in [0.2, 0.25) is 0 Å². The lowest BCUT2D eigenvalue weighted by atomic mass is 10.1. The third kappa shape index (κ3) is 4.28. The lowest BCUT2D eigenvalue weighted by Gasteiger charge is -2.23. The molecule has 1 aromatic carbocycles. The average Bonchev–Trinajstić information content (AvgIpc) is 3.27. The summed E-state index contributed by atoms with van der Waals surface area (Å²) in [6.07, 6.45) is 5.33. The molecule has 2 N–H and O–H groups in total. The van der Waals surface area contributed by atoms with Crippen molar-refractivity contribution < 1.29 is 4.79 Å². The van der Waals surface area contributed by atoms with Crippen molar-refractivity contribution in [1.29, 1.82) is 0 Å². The SMILES string of the molecule is CN(CC1CCN(c2ccccc2)C1)C(=O)NCCc1cnc[nH]1. The molecule has 2 heterocycles. The molecule has 0 aliphatic carbocycles. The van der Waals surface area contributed by atoms with E-state index in [1.165, 1.54) is 5.69 Å². The van der Waals surface area contributed by atoms with Crippen LogP contribution in [-0.4, -0.2) is 54.1 Å². The summed E-state index contributed by atoms with van der Waals surface area (Å²) in [4.78, 5) is 23.4. The van der Waals surface area contributed by atoms with Gasteiger partial charge in [0.1, 0.15) is 0 Å². The fourth-order valence-corrected chi connectivity index (χ4v) is 3.19. The van der Waals surface area contributed by atoms with Crippen LogP contribution in [0.1, 0.15) is 12.1 Å². The van der Waals surface area contributed by atoms with Crippen LogP contribution in [0.5, 0.6) is 0 Å². The molecule has 24 heavy (non-hydrogen) atoms. The molecule has 6 heteroatoms. The van der Waals surface area contributed by atoms with E-state index in [1.54, 1.807) is 17.4 Å². The molecule has 0 bridgehead atoms. The summed E-state index contributed by atoms with van der Waals surface area (Å²) in [7, 11) is 1.87. The number of hydrogen-bond acceptors (Lipinski definition) is 3. The van der Waals surface area contributed by atoms with Gasteiger partial charge >= 0.3 is 6.03 Å². The summed E-state index contributed by atoms with van der Waals surface area (Å²) >= 11 is 0. The molecule has 128 valence electrons. The van der Waals surface area contributed by atoms with Crippen LogP contribution in [0.3, 0.4) is 0 Å². The van der Waals surface area contributed by atoms with E-state index in [-0.39, 0.29) is 6.03 Å². The van der Waals surface area contributed by atoms with Gasteiger partial charge in [0.15, 0.2) is 0 Å². The molecule has 1 aliphatic heterocycles. The molecule has 3 rings (SSSR count). The van der Waals surface area contributed by atoms with Gasteiger partial charge < -0.3 is 20.1 Å². The van der Waals surface area contributed by atoms with Crippen molar-refractivity contribution >= 4 is 11.7 Å². The standard InChI is InChI=1S/C18H25N5O/c1-22(18(24)20-9-7-16-11-19-14-21-16)12-15-8-10-23(13-15)17-5-3-2-4-6-17/h2-6,11,14-15H,7-10,12-13H2,1H3,(H,19,21)(H,20,24). The summed E-state index contributed by atoms with van der Waals surface area (Å²) in [5.41, 5.74) is 2.30. The highest BCUT2D eigenvalue weighted by molar-refractivity contribution is 5.73. The van der Waals surface area contributed by atoms with Crippen molar-refractivity contribution in [2.45, 2.75) is 12.8 Å². The molecule has 1 saturated heterocycles. The smallest absolute Gasteiger partial charge is 0.317 e. The monoisotopic (exact) mass is 327 g/mol. The van der Waals surface area contributed by atoms with Gasteiger partial charge in [-0.25, -0.2) is 9.78 Å². The number of anilines is 1. The van der Waals surface area contributed by atoms with Gasteiger partial charge in [0, 0.05) is 57.2 Å². The number of aromatic nitrogens is 2. The van der Waals surface area contributed by atoms with E-state index >= 15 is 0 Å². The predicted molar refractivity (Wildman–Crippen MR) is 95.1 cm³/mol. The van der Waals surface area contributed by atoms with Crippen LogP contribution in [-0.2, 0) is 6.42 Å². The minimum atomic E-state index is -0.00678. The fraction of sp³-hybridized carbons (Fsp3) is 0.444. The van der Waals surface area contributed by atoms with E-state index in [0.29, 0.717) is 12.5 Å².